The molecule has 0 saturated carbocycles. The van der Waals surface area contributed by atoms with Gasteiger partial charge >= 0.3 is 0 Å². The van der Waals surface area contributed by atoms with Crippen LogP contribution in [0.1, 0.15) is 0 Å². The second-order valence-corrected chi connectivity index (χ2v) is 6.50. The molecule has 0 fully saturated rings. The molecule has 0 saturated heterocycles. The monoisotopic (exact) mass is 369 g/mol. The van der Waals surface area contributed by atoms with Crippen LogP contribution in [-0.4, -0.2) is 21.5 Å². The maximum absolute atomic E-state index is 13.4. The van der Waals surface area contributed by atoms with Gasteiger partial charge in [0.15, 0.2) is 5.65 Å². The summed E-state index contributed by atoms with van der Waals surface area (Å²) >= 11 is 0. The van der Waals surface area contributed by atoms with E-state index in [0.29, 0.717) is 0 Å². The number of rotatable bonds is 3. The topological polar surface area (TPSA) is 39.4 Å². The van der Waals surface area contributed by atoms with Gasteiger partial charge in [-0.2, -0.15) is 0 Å². The molecule has 3 aromatic carbocycles. The van der Waals surface area contributed by atoms with E-state index < -0.39 is 0 Å². The molecule has 4 nitrogen and oxygen atoms in total. The lowest BCUT2D eigenvalue weighted by molar-refractivity contribution is 0.415. The highest BCUT2D eigenvalue weighted by Gasteiger charge is 2.14. The summed E-state index contributed by atoms with van der Waals surface area (Å²) in [5.41, 5.74) is 5.97. The third kappa shape index (κ3) is 2.68. The van der Waals surface area contributed by atoms with E-state index >= 15 is 0 Å². The van der Waals surface area contributed by atoms with E-state index in [-0.39, 0.29) is 5.82 Å². The Morgan fingerprint density at radius 1 is 0.821 bits per heavy atom. The molecular weight excluding hydrogens is 353 g/mol. The quantitative estimate of drug-likeness (QED) is 0.429. The Kier molecular flexibility index (Phi) is 3.79. The largest absolute Gasteiger partial charge is 0.497 e. The van der Waals surface area contributed by atoms with E-state index in [1.54, 1.807) is 19.2 Å². The van der Waals surface area contributed by atoms with E-state index in [1.807, 2.05) is 59.1 Å². The first-order valence-corrected chi connectivity index (χ1v) is 8.91. The number of halogens is 1. The lowest BCUT2D eigenvalue weighted by Crippen LogP contribution is -1.96. The standard InChI is InChI=1S/C23H16FN3O/c1-28-18-12-8-16(9-13-18)22-23-26-19-4-2-3-5-21(19)27(23)14-20(25-22)15-6-10-17(24)11-7-15/h2-14H,1H3. The summed E-state index contributed by atoms with van der Waals surface area (Å²) < 4.78 is 20.7. The molecule has 0 N–H and O–H groups in total. The summed E-state index contributed by atoms with van der Waals surface area (Å²) in [4.78, 5) is 9.67. The van der Waals surface area contributed by atoms with Gasteiger partial charge in [0.25, 0.3) is 0 Å². The van der Waals surface area contributed by atoms with Crippen LogP contribution in [0.5, 0.6) is 5.75 Å². The summed E-state index contributed by atoms with van der Waals surface area (Å²) in [5.74, 6) is 0.510. The molecule has 2 heterocycles. The highest BCUT2D eigenvalue weighted by Crippen LogP contribution is 2.30. The molecule has 0 aliphatic heterocycles. The molecule has 136 valence electrons. The fraction of sp³-hybridized carbons (Fsp3) is 0.0435. The molecule has 0 atom stereocenters. The molecular formula is C23H16FN3O. The first-order chi connectivity index (χ1) is 13.7. The van der Waals surface area contributed by atoms with Gasteiger partial charge in [-0.25, -0.2) is 14.4 Å². The molecule has 0 unspecified atom stereocenters. The van der Waals surface area contributed by atoms with E-state index in [9.17, 15) is 4.39 Å². The van der Waals surface area contributed by atoms with Crippen LogP contribution in [0.3, 0.4) is 0 Å². The highest BCUT2D eigenvalue weighted by atomic mass is 19.1. The van der Waals surface area contributed by atoms with Crippen molar-refractivity contribution in [3.63, 3.8) is 0 Å². The van der Waals surface area contributed by atoms with E-state index in [4.69, 9.17) is 14.7 Å². The average molecular weight is 369 g/mol. The van der Waals surface area contributed by atoms with Gasteiger partial charge in [0.1, 0.15) is 17.3 Å². The zero-order valence-corrected chi connectivity index (χ0v) is 15.1. The SMILES string of the molecule is COc1ccc(-c2nc(-c3ccc(F)cc3)cn3c2nc2ccccc23)cc1. The highest BCUT2D eigenvalue weighted by molar-refractivity contribution is 5.87. The number of methoxy groups -OCH3 is 1. The number of fused-ring (bicyclic) bond motifs is 3. The van der Waals surface area contributed by atoms with Gasteiger partial charge in [-0.3, -0.25) is 4.40 Å². The maximum Gasteiger partial charge on any atom is 0.164 e. The number of para-hydroxylation sites is 2. The van der Waals surface area contributed by atoms with E-state index in [0.717, 1.165) is 44.9 Å². The molecule has 0 amide bonds. The maximum atomic E-state index is 13.4. The predicted molar refractivity (Wildman–Crippen MR) is 108 cm³/mol. The second kappa shape index (κ2) is 6.46. The van der Waals surface area contributed by atoms with Crippen LogP contribution >= 0.6 is 0 Å². The molecule has 0 bridgehead atoms. The van der Waals surface area contributed by atoms with Crippen LogP contribution in [-0.2, 0) is 0 Å². The average Bonchev–Trinajstić information content (AvgIpc) is 3.12. The lowest BCUT2D eigenvalue weighted by atomic mass is 10.1. The number of ether oxygens (including phenoxy) is 1. The van der Waals surface area contributed by atoms with Crippen molar-refractivity contribution in [3.05, 3.63) is 84.8 Å². The second-order valence-electron chi connectivity index (χ2n) is 6.50. The molecule has 0 aliphatic carbocycles. The van der Waals surface area contributed by atoms with Gasteiger partial charge < -0.3 is 4.74 Å². The molecule has 5 aromatic rings. The Hall–Kier alpha value is -3.73. The van der Waals surface area contributed by atoms with Crippen molar-refractivity contribution >= 4 is 16.7 Å². The van der Waals surface area contributed by atoms with Crippen LogP contribution in [0.2, 0.25) is 0 Å². The van der Waals surface area contributed by atoms with Gasteiger partial charge in [0.2, 0.25) is 0 Å². The minimum absolute atomic E-state index is 0.270. The fourth-order valence-corrected chi connectivity index (χ4v) is 3.37. The third-order valence-corrected chi connectivity index (χ3v) is 4.79. The van der Waals surface area contributed by atoms with Gasteiger partial charge in [-0.05, 0) is 60.7 Å². The normalized spacial score (nSPS) is 11.2. The third-order valence-electron chi connectivity index (χ3n) is 4.79. The van der Waals surface area contributed by atoms with Crippen molar-refractivity contribution in [2.24, 2.45) is 0 Å². The first-order valence-electron chi connectivity index (χ1n) is 8.91. The fourth-order valence-electron chi connectivity index (χ4n) is 3.37. The first kappa shape index (κ1) is 16.4. The summed E-state index contributed by atoms with van der Waals surface area (Å²) in [6, 6.07) is 22.1. The van der Waals surface area contributed by atoms with E-state index in [1.165, 1.54) is 12.1 Å². The molecule has 0 radical (unpaired) electrons. The summed E-state index contributed by atoms with van der Waals surface area (Å²) in [7, 11) is 1.64. The Morgan fingerprint density at radius 3 is 2.29 bits per heavy atom. The van der Waals surface area contributed by atoms with Crippen molar-refractivity contribution in [1.82, 2.24) is 14.4 Å². The van der Waals surface area contributed by atoms with Crippen molar-refractivity contribution in [3.8, 4) is 28.3 Å². The Morgan fingerprint density at radius 2 is 1.54 bits per heavy atom. The van der Waals surface area contributed by atoms with Crippen LogP contribution in [0.4, 0.5) is 4.39 Å². The van der Waals surface area contributed by atoms with Gasteiger partial charge in [0.05, 0.1) is 23.8 Å². The number of aromatic nitrogens is 3. The number of hydrogen-bond donors (Lipinski definition) is 0. The molecule has 5 heteroatoms. The molecule has 0 aliphatic rings. The molecule has 2 aromatic heterocycles. The summed E-state index contributed by atoms with van der Waals surface area (Å²) in [6.07, 6.45) is 1.95. The zero-order valence-electron chi connectivity index (χ0n) is 15.1. The van der Waals surface area contributed by atoms with Gasteiger partial charge in [-0.1, -0.05) is 12.1 Å². The number of imidazole rings is 1. The number of hydrogen-bond acceptors (Lipinski definition) is 3. The van der Waals surface area contributed by atoms with Crippen molar-refractivity contribution < 1.29 is 9.13 Å². The van der Waals surface area contributed by atoms with Crippen molar-refractivity contribution in [2.75, 3.05) is 7.11 Å². The lowest BCUT2D eigenvalue weighted by Gasteiger charge is -2.09. The Bertz CT molecular complexity index is 1290. The molecule has 5 rings (SSSR count). The Balaban J connectivity index is 1.82. The van der Waals surface area contributed by atoms with Crippen LogP contribution in [0.25, 0.3) is 39.2 Å². The smallest absolute Gasteiger partial charge is 0.164 e. The van der Waals surface area contributed by atoms with Crippen LogP contribution in [0, 0.1) is 5.82 Å². The minimum Gasteiger partial charge on any atom is -0.497 e. The Labute approximate surface area is 160 Å². The van der Waals surface area contributed by atoms with Crippen molar-refractivity contribution in [2.45, 2.75) is 0 Å². The van der Waals surface area contributed by atoms with Crippen molar-refractivity contribution in [1.29, 1.82) is 0 Å². The summed E-state index contributed by atoms with van der Waals surface area (Å²) in [5, 5.41) is 0. The van der Waals surface area contributed by atoms with E-state index in [2.05, 4.69) is 0 Å². The van der Waals surface area contributed by atoms with Gasteiger partial charge in [-0.15, -0.1) is 0 Å². The number of nitrogens with zero attached hydrogens (tertiary/aromatic N) is 3. The van der Waals surface area contributed by atoms with Gasteiger partial charge in [0, 0.05) is 17.3 Å². The number of benzene rings is 3. The minimum atomic E-state index is -0.270. The van der Waals surface area contributed by atoms with Crippen LogP contribution < -0.4 is 4.74 Å². The summed E-state index contributed by atoms with van der Waals surface area (Å²) in [6.45, 7) is 0. The molecule has 0 spiro atoms. The van der Waals surface area contributed by atoms with Crippen LogP contribution in [0.15, 0.2) is 79.0 Å². The predicted octanol–water partition coefficient (Wildman–Crippen LogP) is 5.36. The zero-order chi connectivity index (χ0) is 19.1. The molecule has 28 heavy (non-hydrogen) atoms.